The van der Waals surface area contributed by atoms with Gasteiger partial charge in [-0.15, -0.1) is 0 Å². The van der Waals surface area contributed by atoms with Gasteiger partial charge in [-0.25, -0.2) is 0 Å². The molecule has 2 saturated carbocycles. The maximum Gasteiger partial charge on any atom is 0.0661 e. The normalized spacial score (nSPS) is 32.6. The number of rotatable bonds is 6. The molecule has 100 valence electrons. The van der Waals surface area contributed by atoms with Crippen LogP contribution < -0.4 is 5.32 Å². The van der Waals surface area contributed by atoms with E-state index in [0.717, 1.165) is 6.61 Å². The second-order valence-corrected chi connectivity index (χ2v) is 6.61. The van der Waals surface area contributed by atoms with Gasteiger partial charge in [0.05, 0.1) is 6.10 Å². The summed E-state index contributed by atoms with van der Waals surface area (Å²) in [5.74, 6) is 1.21. The lowest BCUT2D eigenvalue weighted by Gasteiger charge is -2.55. The zero-order valence-electron chi connectivity index (χ0n) is 11.5. The Kier molecular flexibility index (Phi) is 4.79. The van der Waals surface area contributed by atoms with E-state index >= 15 is 0 Å². The van der Waals surface area contributed by atoms with Crippen LogP contribution in [-0.4, -0.2) is 36.8 Å². The Balaban J connectivity index is 1.91. The molecule has 2 nitrogen and oxygen atoms in total. The van der Waals surface area contributed by atoms with Crippen LogP contribution in [0.3, 0.4) is 0 Å². The third-order valence-corrected chi connectivity index (χ3v) is 5.42. The van der Waals surface area contributed by atoms with Gasteiger partial charge in [0, 0.05) is 29.9 Å². The molecule has 0 aromatic rings. The maximum atomic E-state index is 5.94. The van der Waals surface area contributed by atoms with Gasteiger partial charge < -0.3 is 10.1 Å². The summed E-state index contributed by atoms with van der Waals surface area (Å²) in [7, 11) is 0. The van der Waals surface area contributed by atoms with Gasteiger partial charge in [-0.3, -0.25) is 0 Å². The van der Waals surface area contributed by atoms with E-state index < -0.39 is 0 Å². The van der Waals surface area contributed by atoms with Gasteiger partial charge in [-0.1, -0.05) is 12.8 Å². The van der Waals surface area contributed by atoms with Gasteiger partial charge in [-0.2, -0.15) is 11.8 Å². The fourth-order valence-electron chi connectivity index (χ4n) is 3.76. The molecule has 3 heteroatoms. The Hall–Kier alpha value is 0.270. The van der Waals surface area contributed by atoms with Crippen LogP contribution in [0.1, 0.15) is 46.0 Å². The standard InChI is InChI=1S/C14H27NOS/c1-4-16-13-9-12(15-11(2)10-17-3)14(13)7-5-6-8-14/h11-13,15H,4-10H2,1-3H3. The molecule has 3 unspecified atom stereocenters. The minimum atomic E-state index is 0.489. The highest BCUT2D eigenvalue weighted by molar-refractivity contribution is 7.98. The molecule has 2 fully saturated rings. The van der Waals surface area contributed by atoms with Crippen LogP contribution in [0, 0.1) is 5.41 Å². The lowest BCUT2D eigenvalue weighted by atomic mass is 9.60. The first-order valence-electron chi connectivity index (χ1n) is 7.09. The summed E-state index contributed by atoms with van der Waals surface area (Å²) in [5.41, 5.74) is 0.489. The molecule has 0 heterocycles. The van der Waals surface area contributed by atoms with E-state index in [4.69, 9.17) is 4.74 Å². The molecule has 0 bridgehead atoms. The lowest BCUT2D eigenvalue weighted by molar-refractivity contribution is -0.131. The van der Waals surface area contributed by atoms with Crippen LogP contribution in [0.2, 0.25) is 0 Å². The van der Waals surface area contributed by atoms with Crippen LogP contribution in [0.4, 0.5) is 0 Å². The summed E-state index contributed by atoms with van der Waals surface area (Å²) in [6.07, 6.45) is 9.51. The van der Waals surface area contributed by atoms with Gasteiger partial charge in [0.15, 0.2) is 0 Å². The predicted molar refractivity (Wildman–Crippen MR) is 75.7 cm³/mol. The number of nitrogens with one attached hydrogen (secondary N) is 1. The van der Waals surface area contributed by atoms with E-state index in [-0.39, 0.29) is 0 Å². The summed E-state index contributed by atoms with van der Waals surface area (Å²) < 4.78 is 5.94. The van der Waals surface area contributed by atoms with Crippen molar-refractivity contribution in [1.82, 2.24) is 5.32 Å². The molecule has 2 rings (SSSR count). The minimum absolute atomic E-state index is 0.489. The number of hydrogen-bond acceptors (Lipinski definition) is 3. The molecule has 0 aliphatic heterocycles. The Bertz CT molecular complexity index is 240. The second-order valence-electron chi connectivity index (χ2n) is 5.70. The molecule has 0 saturated heterocycles. The van der Waals surface area contributed by atoms with Gasteiger partial charge in [0.25, 0.3) is 0 Å². The first-order chi connectivity index (χ1) is 8.23. The molecular formula is C14H27NOS. The summed E-state index contributed by atoms with van der Waals surface area (Å²) in [5, 5.41) is 3.84. The van der Waals surface area contributed by atoms with Gasteiger partial charge in [0.2, 0.25) is 0 Å². The molecule has 1 spiro atoms. The van der Waals surface area contributed by atoms with Crippen molar-refractivity contribution in [1.29, 1.82) is 0 Å². The summed E-state index contributed by atoms with van der Waals surface area (Å²) >= 11 is 1.93. The molecule has 2 aliphatic carbocycles. The zero-order valence-corrected chi connectivity index (χ0v) is 12.3. The topological polar surface area (TPSA) is 21.3 Å². The predicted octanol–water partition coefficient (Wildman–Crippen LogP) is 3.07. The van der Waals surface area contributed by atoms with Crippen molar-refractivity contribution >= 4 is 11.8 Å². The Labute approximate surface area is 110 Å². The second kappa shape index (κ2) is 5.94. The van der Waals surface area contributed by atoms with E-state index in [0.29, 0.717) is 23.6 Å². The van der Waals surface area contributed by atoms with Crippen LogP contribution in [0.25, 0.3) is 0 Å². The lowest BCUT2D eigenvalue weighted by Crippen LogP contribution is -2.64. The molecule has 0 amide bonds. The van der Waals surface area contributed by atoms with Crippen molar-refractivity contribution in [3.63, 3.8) is 0 Å². The smallest absolute Gasteiger partial charge is 0.0661 e. The Morgan fingerprint density at radius 1 is 1.41 bits per heavy atom. The number of hydrogen-bond donors (Lipinski definition) is 1. The van der Waals surface area contributed by atoms with Crippen molar-refractivity contribution in [3.8, 4) is 0 Å². The Morgan fingerprint density at radius 2 is 2.12 bits per heavy atom. The van der Waals surface area contributed by atoms with Crippen LogP contribution in [-0.2, 0) is 4.74 Å². The van der Waals surface area contributed by atoms with Crippen molar-refractivity contribution in [2.75, 3.05) is 18.6 Å². The maximum absolute atomic E-state index is 5.94. The van der Waals surface area contributed by atoms with Crippen molar-refractivity contribution in [2.45, 2.75) is 64.1 Å². The summed E-state index contributed by atoms with van der Waals surface area (Å²) in [4.78, 5) is 0. The first kappa shape index (κ1) is 13.7. The van der Waals surface area contributed by atoms with Crippen molar-refractivity contribution < 1.29 is 4.74 Å². The van der Waals surface area contributed by atoms with E-state index in [2.05, 4.69) is 25.4 Å². The van der Waals surface area contributed by atoms with Gasteiger partial charge in [0.1, 0.15) is 0 Å². The highest BCUT2D eigenvalue weighted by Gasteiger charge is 2.56. The van der Waals surface area contributed by atoms with Crippen molar-refractivity contribution in [2.24, 2.45) is 5.41 Å². The Morgan fingerprint density at radius 3 is 2.71 bits per heavy atom. The largest absolute Gasteiger partial charge is 0.378 e. The van der Waals surface area contributed by atoms with E-state index in [1.807, 2.05) is 11.8 Å². The van der Waals surface area contributed by atoms with Gasteiger partial charge >= 0.3 is 0 Å². The van der Waals surface area contributed by atoms with Crippen LogP contribution in [0.15, 0.2) is 0 Å². The highest BCUT2D eigenvalue weighted by Crippen LogP contribution is 2.54. The number of ether oxygens (including phenoxy) is 1. The van der Waals surface area contributed by atoms with Crippen LogP contribution >= 0.6 is 11.8 Å². The third kappa shape index (κ3) is 2.66. The fourth-order valence-corrected chi connectivity index (χ4v) is 4.36. The molecule has 0 aromatic heterocycles. The molecule has 3 atom stereocenters. The third-order valence-electron chi connectivity index (χ3n) is 4.59. The molecular weight excluding hydrogens is 230 g/mol. The van der Waals surface area contributed by atoms with Gasteiger partial charge in [-0.05, 0) is 39.4 Å². The first-order valence-corrected chi connectivity index (χ1v) is 8.49. The SMILES string of the molecule is CCOC1CC(NC(C)CSC)C12CCCC2. The van der Waals surface area contributed by atoms with E-state index in [1.54, 1.807) is 0 Å². The summed E-state index contributed by atoms with van der Waals surface area (Å²) in [6.45, 7) is 5.31. The molecule has 0 radical (unpaired) electrons. The fraction of sp³-hybridized carbons (Fsp3) is 1.00. The minimum Gasteiger partial charge on any atom is -0.378 e. The zero-order chi connectivity index (χ0) is 12.3. The highest BCUT2D eigenvalue weighted by atomic mass is 32.2. The number of thioether (sulfide) groups is 1. The van der Waals surface area contributed by atoms with E-state index in [1.165, 1.54) is 37.9 Å². The average molecular weight is 257 g/mol. The van der Waals surface area contributed by atoms with E-state index in [9.17, 15) is 0 Å². The quantitative estimate of drug-likeness (QED) is 0.790. The monoisotopic (exact) mass is 257 g/mol. The van der Waals surface area contributed by atoms with Crippen LogP contribution in [0.5, 0.6) is 0 Å². The molecule has 2 aliphatic rings. The molecule has 0 aromatic carbocycles. The summed E-state index contributed by atoms with van der Waals surface area (Å²) in [6, 6.07) is 1.35. The molecule has 1 N–H and O–H groups in total. The molecule has 17 heavy (non-hydrogen) atoms. The van der Waals surface area contributed by atoms with Crippen molar-refractivity contribution in [3.05, 3.63) is 0 Å². The average Bonchev–Trinajstić information content (AvgIpc) is 2.80.